The van der Waals surface area contributed by atoms with Crippen LogP contribution in [-0.4, -0.2) is 47.1 Å². The minimum Gasteiger partial charge on any atom is -0.462 e. The molecule has 0 aliphatic carbocycles. The number of aliphatic hydroxyl groups excluding tert-OH is 2. The maximum Gasteiger partial charge on any atom is 0.327 e. The lowest BCUT2D eigenvalue weighted by Gasteiger charge is -2.26. The zero-order chi connectivity index (χ0) is 16.5. The second kappa shape index (κ2) is 9.63. The van der Waals surface area contributed by atoms with Gasteiger partial charge in [0.1, 0.15) is 12.7 Å². The maximum absolute atomic E-state index is 12.2. The number of ketones is 2. The number of esters is 1. The van der Waals surface area contributed by atoms with E-state index < -0.39 is 42.3 Å². The Bertz CT molecular complexity index is 349. The molecule has 0 amide bonds. The summed E-state index contributed by atoms with van der Waals surface area (Å²) >= 11 is 0. The van der Waals surface area contributed by atoms with E-state index in [2.05, 4.69) is 0 Å². The molecule has 0 heterocycles. The Kier molecular flexibility index (Phi) is 9.05. The van der Waals surface area contributed by atoms with Crippen molar-refractivity contribution in [3.63, 3.8) is 0 Å². The molecule has 6 heteroatoms. The molecule has 2 N–H and O–H groups in total. The summed E-state index contributed by atoms with van der Waals surface area (Å²) in [7, 11) is 0. The Balaban J connectivity index is 4.97. The zero-order valence-electron chi connectivity index (χ0n) is 13.1. The maximum atomic E-state index is 12.2. The van der Waals surface area contributed by atoms with E-state index in [1.165, 1.54) is 13.8 Å². The van der Waals surface area contributed by atoms with Gasteiger partial charge in [0.05, 0.1) is 6.61 Å². The van der Waals surface area contributed by atoms with Crippen LogP contribution >= 0.6 is 0 Å². The monoisotopic (exact) mass is 302 g/mol. The number of Topliss-reactive ketones (excluding diaryl/α,β-unsaturated/α-hetero) is 2. The lowest BCUT2D eigenvalue weighted by atomic mass is 9.75. The number of hydrogen-bond acceptors (Lipinski definition) is 6. The topological polar surface area (TPSA) is 101 Å². The van der Waals surface area contributed by atoms with E-state index >= 15 is 0 Å². The molecule has 0 saturated heterocycles. The van der Waals surface area contributed by atoms with Crippen LogP contribution in [0.25, 0.3) is 0 Å². The van der Waals surface area contributed by atoms with E-state index in [0.29, 0.717) is 6.42 Å². The fraction of sp³-hybridized carbons (Fsp3) is 0.800. The second-order valence-electron chi connectivity index (χ2n) is 5.26. The van der Waals surface area contributed by atoms with Gasteiger partial charge in [-0.1, -0.05) is 32.6 Å². The molecule has 122 valence electrons. The summed E-state index contributed by atoms with van der Waals surface area (Å²) in [4.78, 5) is 36.0. The molecule has 0 radical (unpaired) electrons. The van der Waals surface area contributed by atoms with Gasteiger partial charge in [0, 0.05) is 0 Å². The molecule has 21 heavy (non-hydrogen) atoms. The van der Waals surface area contributed by atoms with E-state index in [1.54, 1.807) is 0 Å². The Morgan fingerprint density at radius 1 is 1.10 bits per heavy atom. The third-order valence-electron chi connectivity index (χ3n) is 3.57. The first-order valence-corrected chi connectivity index (χ1v) is 7.31. The highest BCUT2D eigenvalue weighted by atomic mass is 16.5. The van der Waals surface area contributed by atoms with Crippen LogP contribution in [0, 0.1) is 5.41 Å². The molecule has 6 nitrogen and oxygen atoms in total. The van der Waals surface area contributed by atoms with E-state index in [-0.39, 0.29) is 6.42 Å². The quantitative estimate of drug-likeness (QED) is 0.336. The van der Waals surface area contributed by atoms with Gasteiger partial charge in [0.2, 0.25) is 0 Å². The Morgan fingerprint density at radius 2 is 1.67 bits per heavy atom. The van der Waals surface area contributed by atoms with Gasteiger partial charge < -0.3 is 14.9 Å². The molecule has 0 spiro atoms. The van der Waals surface area contributed by atoms with Crippen molar-refractivity contribution in [2.24, 2.45) is 5.41 Å². The van der Waals surface area contributed by atoms with Crippen LogP contribution < -0.4 is 0 Å². The highest BCUT2D eigenvalue weighted by Crippen LogP contribution is 2.30. The van der Waals surface area contributed by atoms with Gasteiger partial charge >= 0.3 is 5.97 Å². The zero-order valence-corrected chi connectivity index (χ0v) is 13.1. The third-order valence-corrected chi connectivity index (χ3v) is 3.57. The van der Waals surface area contributed by atoms with Crippen LogP contribution in [0.15, 0.2) is 0 Å². The van der Waals surface area contributed by atoms with Crippen molar-refractivity contribution in [2.45, 2.75) is 59.0 Å². The lowest BCUT2D eigenvalue weighted by Crippen LogP contribution is -2.46. The van der Waals surface area contributed by atoms with Gasteiger partial charge in [-0.2, -0.15) is 0 Å². The van der Waals surface area contributed by atoms with Gasteiger partial charge in [0.25, 0.3) is 0 Å². The summed E-state index contributed by atoms with van der Waals surface area (Å²) in [6.45, 7) is 3.44. The molecule has 0 aliphatic heterocycles. The van der Waals surface area contributed by atoms with Crippen LogP contribution in [-0.2, 0) is 19.1 Å². The van der Waals surface area contributed by atoms with Crippen LogP contribution in [0.5, 0.6) is 0 Å². The van der Waals surface area contributed by atoms with Gasteiger partial charge in [0.15, 0.2) is 17.0 Å². The van der Waals surface area contributed by atoms with Crippen LogP contribution in [0.2, 0.25) is 0 Å². The summed E-state index contributed by atoms with van der Waals surface area (Å²) in [5, 5.41) is 17.9. The predicted octanol–water partition coefficient (Wildman–Crippen LogP) is 1.02. The summed E-state index contributed by atoms with van der Waals surface area (Å²) in [6.07, 6.45) is 2.26. The van der Waals surface area contributed by atoms with Crippen LogP contribution in [0.1, 0.15) is 52.9 Å². The Labute approximate surface area is 125 Å². The standard InChI is InChI=1S/C15H26O6/c1-4-5-6-7-8-15(11(2)17,12(3)18)14(20)21-10-13(19)9-16/h13,16,19H,4-10H2,1-3H3. The lowest BCUT2D eigenvalue weighted by molar-refractivity contribution is -0.166. The molecule has 0 aliphatic rings. The van der Waals surface area contributed by atoms with Crippen LogP contribution in [0.3, 0.4) is 0 Å². The van der Waals surface area contributed by atoms with Gasteiger partial charge in [-0.25, -0.2) is 0 Å². The summed E-state index contributed by atoms with van der Waals surface area (Å²) in [5.74, 6) is -2.03. The number of carbonyl (C=O) groups is 3. The molecule has 0 aromatic rings. The average molecular weight is 302 g/mol. The normalized spacial score (nSPS) is 12.8. The number of ether oxygens (including phenoxy) is 1. The molecule has 0 fully saturated rings. The minimum absolute atomic E-state index is 0.117. The first kappa shape index (κ1) is 19.7. The van der Waals surface area contributed by atoms with Gasteiger partial charge in [-0.15, -0.1) is 0 Å². The first-order chi connectivity index (χ1) is 9.82. The summed E-state index contributed by atoms with van der Waals surface area (Å²) in [5.41, 5.74) is -1.79. The van der Waals surface area contributed by atoms with Crippen molar-refractivity contribution in [3.8, 4) is 0 Å². The molecule has 0 aromatic heterocycles. The third kappa shape index (κ3) is 5.55. The van der Waals surface area contributed by atoms with Crippen molar-refractivity contribution >= 4 is 17.5 Å². The molecule has 1 unspecified atom stereocenters. The van der Waals surface area contributed by atoms with E-state index in [0.717, 1.165) is 19.3 Å². The fourth-order valence-electron chi connectivity index (χ4n) is 2.15. The SMILES string of the molecule is CCCCCCC(C(C)=O)(C(C)=O)C(=O)OCC(O)CO. The minimum atomic E-state index is -1.79. The highest BCUT2D eigenvalue weighted by molar-refractivity contribution is 6.21. The molecule has 1 atom stereocenters. The average Bonchev–Trinajstić information content (AvgIpc) is 2.43. The number of aliphatic hydroxyl groups is 2. The fourth-order valence-corrected chi connectivity index (χ4v) is 2.15. The van der Waals surface area contributed by atoms with Gasteiger partial charge in [-0.3, -0.25) is 14.4 Å². The van der Waals surface area contributed by atoms with Crippen molar-refractivity contribution in [3.05, 3.63) is 0 Å². The van der Waals surface area contributed by atoms with Crippen molar-refractivity contribution < 1.29 is 29.3 Å². The first-order valence-electron chi connectivity index (χ1n) is 7.31. The van der Waals surface area contributed by atoms with Crippen LogP contribution in [0.4, 0.5) is 0 Å². The second-order valence-corrected chi connectivity index (χ2v) is 5.26. The Morgan fingerprint density at radius 3 is 2.10 bits per heavy atom. The molecule has 0 bridgehead atoms. The van der Waals surface area contributed by atoms with Crippen molar-refractivity contribution in [1.29, 1.82) is 0 Å². The molecular weight excluding hydrogens is 276 g/mol. The number of carbonyl (C=O) groups excluding carboxylic acids is 3. The largest absolute Gasteiger partial charge is 0.462 e. The van der Waals surface area contributed by atoms with E-state index in [1.807, 2.05) is 6.92 Å². The Hall–Kier alpha value is -1.27. The van der Waals surface area contributed by atoms with E-state index in [4.69, 9.17) is 9.84 Å². The van der Waals surface area contributed by atoms with Gasteiger partial charge in [-0.05, 0) is 20.3 Å². The molecule has 0 aromatic carbocycles. The van der Waals surface area contributed by atoms with Crippen molar-refractivity contribution in [1.82, 2.24) is 0 Å². The predicted molar refractivity (Wildman–Crippen MR) is 76.6 cm³/mol. The molecular formula is C15H26O6. The number of rotatable bonds is 11. The van der Waals surface area contributed by atoms with Crippen molar-refractivity contribution in [2.75, 3.05) is 13.2 Å². The molecule has 0 saturated carbocycles. The summed E-state index contributed by atoms with van der Waals surface area (Å²) < 4.78 is 4.85. The smallest absolute Gasteiger partial charge is 0.327 e. The number of unbranched alkanes of at least 4 members (excludes halogenated alkanes) is 3. The molecule has 0 rings (SSSR count). The highest BCUT2D eigenvalue weighted by Gasteiger charge is 2.49. The van der Waals surface area contributed by atoms with E-state index in [9.17, 15) is 19.5 Å². The summed E-state index contributed by atoms with van der Waals surface area (Å²) in [6, 6.07) is 0. The number of hydrogen-bond donors (Lipinski definition) is 2.